The number of rotatable bonds is 7. The summed E-state index contributed by atoms with van der Waals surface area (Å²) < 4.78 is 0. The second-order valence-corrected chi connectivity index (χ2v) is 4.57. The van der Waals surface area contributed by atoms with Crippen LogP contribution in [0.1, 0.15) is 33.1 Å². The van der Waals surface area contributed by atoms with Crippen LogP contribution >= 0.6 is 11.8 Å². The van der Waals surface area contributed by atoms with Crippen LogP contribution in [0.3, 0.4) is 0 Å². The van der Waals surface area contributed by atoms with Gasteiger partial charge in [0, 0.05) is 11.7 Å². The zero-order valence-corrected chi connectivity index (χ0v) is 8.69. The number of aliphatic hydroxyl groups excluding tert-OH is 1. The number of hydrogen-bond donors (Lipinski definition) is 1. The topological polar surface area (TPSA) is 37.3 Å². The van der Waals surface area contributed by atoms with Crippen molar-refractivity contribution in [2.45, 2.75) is 38.4 Å². The summed E-state index contributed by atoms with van der Waals surface area (Å²) in [6, 6.07) is 0. The zero-order valence-electron chi connectivity index (χ0n) is 7.88. The summed E-state index contributed by atoms with van der Waals surface area (Å²) in [7, 11) is 0. The summed E-state index contributed by atoms with van der Waals surface area (Å²) in [5, 5.41) is 9.04. The molecular weight excluding hydrogens is 172 g/mol. The third kappa shape index (κ3) is 8.08. The van der Waals surface area contributed by atoms with Gasteiger partial charge < -0.3 is 9.90 Å². The van der Waals surface area contributed by atoms with Crippen LogP contribution in [0.5, 0.6) is 0 Å². The summed E-state index contributed by atoms with van der Waals surface area (Å²) in [6.45, 7) is 3.89. The molecule has 72 valence electrons. The second kappa shape index (κ2) is 7.62. The molecule has 0 rings (SSSR count). The average Bonchev–Trinajstić information content (AvgIpc) is 2.03. The average molecular weight is 190 g/mol. The predicted molar refractivity (Wildman–Crippen MR) is 53.5 cm³/mol. The van der Waals surface area contributed by atoms with E-state index in [2.05, 4.69) is 0 Å². The molecule has 0 aromatic heterocycles. The van der Waals surface area contributed by atoms with Gasteiger partial charge in [0.05, 0.1) is 6.61 Å². The fourth-order valence-electron chi connectivity index (χ4n) is 0.813. The molecule has 1 N–H and O–H groups in total. The zero-order chi connectivity index (χ0) is 9.40. The maximum absolute atomic E-state index is 10.6. The van der Waals surface area contributed by atoms with Crippen molar-refractivity contribution in [1.82, 2.24) is 0 Å². The van der Waals surface area contributed by atoms with E-state index in [0.29, 0.717) is 11.7 Å². The van der Waals surface area contributed by atoms with Crippen molar-refractivity contribution < 1.29 is 9.90 Å². The highest BCUT2D eigenvalue weighted by Crippen LogP contribution is 2.12. The lowest BCUT2D eigenvalue weighted by Crippen LogP contribution is -2.03. The highest BCUT2D eigenvalue weighted by atomic mass is 32.2. The van der Waals surface area contributed by atoms with Gasteiger partial charge in [0.15, 0.2) is 0 Å². The first-order chi connectivity index (χ1) is 5.66. The molecule has 2 nitrogen and oxygen atoms in total. The molecule has 1 atom stereocenters. The van der Waals surface area contributed by atoms with Gasteiger partial charge in [-0.3, -0.25) is 0 Å². The van der Waals surface area contributed by atoms with Gasteiger partial charge in [-0.05, 0) is 25.5 Å². The van der Waals surface area contributed by atoms with Gasteiger partial charge in [0.25, 0.3) is 0 Å². The molecule has 0 bridgehead atoms. The quantitative estimate of drug-likeness (QED) is 0.623. The van der Waals surface area contributed by atoms with E-state index in [1.54, 1.807) is 18.7 Å². The molecule has 0 spiro atoms. The van der Waals surface area contributed by atoms with Crippen molar-refractivity contribution in [3.05, 3.63) is 0 Å². The standard InChI is InChI=1S/C9H18O2S/c1-8(11)5-3-4-6-12-9(2)7-10/h9-10H,3-7H2,1-2H3. The van der Waals surface area contributed by atoms with Gasteiger partial charge in [-0.1, -0.05) is 6.92 Å². The maximum atomic E-state index is 10.6. The van der Waals surface area contributed by atoms with E-state index in [0.717, 1.165) is 18.6 Å². The van der Waals surface area contributed by atoms with Gasteiger partial charge in [0.1, 0.15) is 5.78 Å². The van der Waals surface area contributed by atoms with Gasteiger partial charge in [-0.15, -0.1) is 0 Å². The van der Waals surface area contributed by atoms with Crippen LogP contribution in [-0.2, 0) is 4.79 Å². The van der Waals surface area contributed by atoms with Crippen molar-refractivity contribution in [3.8, 4) is 0 Å². The lowest BCUT2D eigenvalue weighted by molar-refractivity contribution is -0.117. The number of Topliss-reactive ketones (excluding diaryl/α,β-unsaturated/α-hetero) is 1. The van der Waals surface area contributed by atoms with E-state index in [1.807, 2.05) is 6.92 Å². The van der Waals surface area contributed by atoms with Gasteiger partial charge in [-0.25, -0.2) is 0 Å². The van der Waals surface area contributed by atoms with Crippen molar-refractivity contribution >= 4 is 17.5 Å². The van der Waals surface area contributed by atoms with Gasteiger partial charge in [0.2, 0.25) is 0 Å². The molecule has 1 unspecified atom stereocenters. The number of thioether (sulfide) groups is 1. The van der Waals surface area contributed by atoms with Gasteiger partial charge >= 0.3 is 0 Å². The van der Waals surface area contributed by atoms with Gasteiger partial charge in [-0.2, -0.15) is 11.8 Å². The fraction of sp³-hybridized carbons (Fsp3) is 0.889. The summed E-state index contributed by atoms with van der Waals surface area (Å²) >= 11 is 1.77. The highest BCUT2D eigenvalue weighted by molar-refractivity contribution is 7.99. The Morgan fingerprint density at radius 2 is 2.17 bits per heavy atom. The first-order valence-corrected chi connectivity index (χ1v) is 5.43. The van der Waals surface area contributed by atoms with Crippen LogP contribution < -0.4 is 0 Å². The number of aliphatic hydroxyl groups is 1. The first kappa shape index (κ1) is 12.0. The third-order valence-electron chi connectivity index (χ3n) is 1.58. The molecular formula is C9H18O2S. The maximum Gasteiger partial charge on any atom is 0.129 e. The normalized spacial score (nSPS) is 12.9. The summed E-state index contributed by atoms with van der Waals surface area (Å²) in [5.41, 5.74) is 0. The third-order valence-corrected chi connectivity index (χ3v) is 2.83. The largest absolute Gasteiger partial charge is 0.395 e. The van der Waals surface area contributed by atoms with E-state index in [4.69, 9.17) is 5.11 Å². The molecule has 0 aromatic carbocycles. The fourth-order valence-corrected chi connectivity index (χ4v) is 1.69. The van der Waals surface area contributed by atoms with Crippen molar-refractivity contribution in [2.75, 3.05) is 12.4 Å². The molecule has 0 aliphatic rings. The summed E-state index contributed by atoms with van der Waals surface area (Å²) in [5.74, 6) is 1.32. The first-order valence-electron chi connectivity index (χ1n) is 4.38. The van der Waals surface area contributed by atoms with Crippen molar-refractivity contribution in [2.24, 2.45) is 0 Å². The van der Waals surface area contributed by atoms with E-state index in [1.165, 1.54) is 0 Å². The van der Waals surface area contributed by atoms with Crippen molar-refractivity contribution in [1.29, 1.82) is 0 Å². The summed E-state index contributed by atoms with van der Waals surface area (Å²) in [6.07, 6.45) is 2.77. The molecule has 0 fully saturated rings. The minimum absolute atomic E-state index is 0.247. The predicted octanol–water partition coefficient (Wildman–Crippen LogP) is 1.86. The van der Waals surface area contributed by atoms with Crippen LogP contribution in [-0.4, -0.2) is 28.5 Å². The van der Waals surface area contributed by atoms with E-state index >= 15 is 0 Å². The molecule has 0 heterocycles. The number of carbonyl (C=O) groups excluding carboxylic acids is 1. The van der Waals surface area contributed by atoms with E-state index < -0.39 is 0 Å². The number of unbranched alkanes of at least 4 members (excludes halogenated alkanes) is 1. The Balaban J connectivity index is 3.05. The number of hydrogen-bond acceptors (Lipinski definition) is 3. The summed E-state index contributed by atoms with van der Waals surface area (Å²) in [4.78, 5) is 10.6. The molecule has 0 aromatic rings. The smallest absolute Gasteiger partial charge is 0.129 e. The van der Waals surface area contributed by atoms with Crippen LogP contribution in [0.25, 0.3) is 0 Å². The molecule has 3 heteroatoms. The lowest BCUT2D eigenvalue weighted by Gasteiger charge is -2.05. The van der Waals surface area contributed by atoms with Crippen molar-refractivity contribution in [3.63, 3.8) is 0 Å². The molecule has 0 radical (unpaired) electrons. The lowest BCUT2D eigenvalue weighted by atomic mass is 10.2. The molecule has 0 aliphatic carbocycles. The van der Waals surface area contributed by atoms with Crippen LogP contribution in [0.15, 0.2) is 0 Å². The van der Waals surface area contributed by atoms with E-state index in [9.17, 15) is 4.79 Å². The minimum atomic E-state index is 0.247. The Morgan fingerprint density at radius 3 is 2.67 bits per heavy atom. The Bertz CT molecular complexity index is 126. The molecule has 0 amide bonds. The minimum Gasteiger partial charge on any atom is -0.395 e. The van der Waals surface area contributed by atoms with Crippen LogP contribution in [0.4, 0.5) is 0 Å². The van der Waals surface area contributed by atoms with E-state index in [-0.39, 0.29) is 12.4 Å². The monoisotopic (exact) mass is 190 g/mol. The number of ketones is 1. The van der Waals surface area contributed by atoms with Crippen LogP contribution in [0, 0.1) is 0 Å². The molecule has 12 heavy (non-hydrogen) atoms. The number of carbonyl (C=O) groups is 1. The SMILES string of the molecule is CC(=O)CCCCSC(C)CO. The Morgan fingerprint density at radius 1 is 1.50 bits per heavy atom. The highest BCUT2D eigenvalue weighted by Gasteiger charge is 1.99. The Labute approximate surface area is 78.7 Å². The molecule has 0 saturated carbocycles. The molecule has 0 saturated heterocycles. The Hall–Kier alpha value is -0.0200. The molecule has 0 aliphatic heterocycles. The second-order valence-electron chi connectivity index (χ2n) is 3.02. The Kier molecular flexibility index (Phi) is 7.61. The van der Waals surface area contributed by atoms with Crippen LogP contribution in [0.2, 0.25) is 0 Å².